The molecular formula is C22H25N3O5. The number of carbonyl (C=O) groups excluding carboxylic acids is 1. The number of methoxy groups -OCH3 is 3. The smallest absolute Gasteiger partial charge is 0.262 e. The van der Waals surface area contributed by atoms with Crippen molar-refractivity contribution in [2.45, 2.75) is 26.4 Å². The van der Waals surface area contributed by atoms with Crippen LogP contribution in [0.4, 0.5) is 0 Å². The minimum Gasteiger partial charge on any atom is -0.497 e. The van der Waals surface area contributed by atoms with E-state index in [2.05, 4.69) is 10.1 Å². The first-order chi connectivity index (χ1) is 14.5. The van der Waals surface area contributed by atoms with Crippen LogP contribution >= 0.6 is 0 Å². The van der Waals surface area contributed by atoms with Gasteiger partial charge in [0.15, 0.2) is 0 Å². The first-order valence-electron chi connectivity index (χ1n) is 9.47. The molecule has 0 aliphatic carbocycles. The number of aromatic nitrogens is 2. The van der Waals surface area contributed by atoms with Gasteiger partial charge >= 0.3 is 0 Å². The number of benzene rings is 2. The summed E-state index contributed by atoms with van der Waals surface area (Å²) in [6.45, 7) is 3.98. The highest BCUT2D eigenvalue weighted by atomic mass is 16.5. The molecule has 0 bridgehead atoms. The molecule has 0 aliphatic heterocycles. The molecule has 0 spiro atoms. The quantitative estimate of drug-likeness (QED) is 0.557. The van der Waals surface area contributed by atoms with Crippen molar-refractivity contribution in [3.63, 3.8) is 0 Å². The van der Waals surface area contributed by atoms with Crippen LogP contribution in [0, 0.1) is 0 Å². The second kappa shape index (κ2) is 9.30. The van der Waals surface area contributed by atoms with Crippen molar-refractivity contribution in [2.75, 3.05) is 21.3 Å². The molecule has 0 aliphatic rings. The van der Waals surface area contributed by atoms with Crippen LogP contribution in [0.25, 0.3) is 11.4 Å². The summed E-state index contributed by atoms with van der Waals surface area (Å²) in [5.41, 5.74) is 1.11. The van der Waals surface area contributed by atoms with Crippen LogP contribution in [-0.4, -0.2) is 48.3 Å². The number of nitrogens with zero attached hydrogens (tertiary/aromatic N) is 3. The van der Waals surface area contributed by atoms with E-state index < -0.39 is 0 Å². The van der Waals surface area contributed by atoms with Gasteiger partial charge in [0.05, 0.1) is 21.3 Å². The summed E-state index contributed by atoms with van der Waals surface area (Å²) in [6.07, 6.45) is 0. The van der Waals surface area contributed by atoms with E-state index in [1.807, 2.05) is 38.1 Å². The summed E-state index contributed by atoms with van der Waals surface area (Å²) < 4.78 is 21.4. The maximum Gasteiger partial charge on any atom is 0.262 e. The number of hydrogen-bond donors (Lipinski definition) is 0. The predicted octanol–water partition coefficient (Wildman–Crippen LogP) is 3.81. The van der Waals surface area contributed by atoms with Gasteiger partial charge in [-0.15, -0.1) is 0 Å². The van der Waals surface area contributed by atoms with E-state index in [1.165, 1.54) is 14.2 Å². The molecule has 0 fully saturated rings. The molecule has 0 saturated carbocycles. The third-order valence-electron chi connectivity index (χ3n) is 4.63. The minimum absolute atomic E-state index is 0.126. The van der Waals surface area contributed by atoms with Crippen LogP contribution in [0.1, 0.15) is 30.1 Å². The highest BCUT2D eigenvalue weighted by molar-refractivity contribution is 5.99. The Balaban J connectivity index is 1.89. The fourth-order valence-electron chi connectivity index (χ4n) is 3.04. The molecule has 2 aromatic carbocycles. The molecule has 1 aromatic heterocycles. The fraction of sp³-hybridized carbons (Fsp3) is 0.318. The first kappa shape index (κ1) is 21.2. The van der Waals surface area contributed by atoms with Crippen molar-refractivity contribution in [3.05, 3.63) is 53.9 Å². The maximum atomic E-state index is 13.4. The number of carbonyl (C=O) groups is 1. The van der Waals surface area contributed by atoms with Crippen molar-refractivity contribution in [1.29, 1.82) is 0 Å². The van der Waals surface area contributed by atoms with Crippen LogP contribution in [0.3, 0.4) is 0 Å². The average molecular weight is 411 g/mol. The van der Waals surface area contributed by atoms with Gasteiger partial charge in [0, 0.05) is 11.6 Å². The molecule has 3 aromatic rings. The van der Waals surface area contributed by atoms with E-state index in [0.29, 0.717) is 34.5 Å². The lowest BCUT2D eigenvalue weighted by molar-refractivity contribution is 0.0660. The second-order valence-corrected chi connectivity index (χ2v) is 6.81. The Morgan fingerprint density at radius 1 is 1.03 bits per heavy atom. The Labute approximate surface area is 175 Å². The molecule has 0 saturated heterocycles. The Bertz CT molecular complexity index is 993. The zero-order chi connectivity index (χ0) is 21.7. The van der Waals surface area contributed by atoms with Crippen LogP contribution in [0.15, 0.2) is 47.0 Å². The SMILES string of the molecule is COc1cccc(-c2noc(CN(C(=O)c3c(OC)cccc3OC)C(C)C)n2)c1. The van der Waals surface area contributed by atoms with Crippen LogP contribution in [0.5, 0.6) is 17.2 Å². The Hall–Kier alpha value is -3.55. The molecule has 8 nitrogen and oxygen atoms in total. The van der Waals surface area contributed by atoms with Gasteiger partial charge in [-0.25, -0.2) is 0 Å². The number of rotatable bonds is 8. The largest absolute Gasteiger partial charge is 0.497 e. The second-order valence-electron chi connectivity index (χ2n) is 6.81. The Kier molecular flexibility index (Phi) is 6.56. The molecule has 0 atom stereocenters. The van der Waals surface area contributed by atoms with E-state index in [9.17, 15) is 4.79 Å². The molecular weight excluding hydrogens is 386 g/mol. The Morgan fingerprint density at radius 2 is 1.70 bits per heavy atom. The van der Waals surface area contributed by atoms with Gasteiger partial charge in [-0.2, -0.15) is 4.98 Å². The van der Waals surface area contributed by atoms with Gasteiger partial charge in [0.25, 0.3) is 5.91 Å². The third-order valence-corrected chi connectivity index (χ3v) is 4.63. The van der Waals surface area contributed by atoms with E-state index >= 15 is 0 Å². The molecule has 0 unspecified atom stereocenters. The van der Waals surface area contributed by atoms with Crippen molar-refractivity contribution >= 4 is 5.91 Å². The normalized spacial score (nSPS) is 10.7. The molecule has 1 amide bonds. The summed E-state index contributed by atoms with van der Waals surface area (Å²) in [4.78, 5) is 19.4. The number of hydrogen-bond acceptors (Lipinski definition) is 7. The summed E-state index contributed by atoms with van der Waals surface area (Å²) in [6, 6.07) is 12.5. The molecule has 0 N–H and O–H groups in total. The molecule has 0 radical (unpaired) electrons. The van der Waals surface area contributed by atoms with Crippen LogP contribution in [0.2, 0.25) is 0 Å². The van der Waals surface area contributed by atoms with Crippen LogP contribution in [-0.2, 0) is 6.54 Å². The van der Waals surface area contributed by atoms with Gasteiger partial charge in [-0.05, 0) is 38.1 Å². The molecule has 30 heavy (non-hydrogen) atoms. The lowest BCUT2D eigenvalue weighted by atomic mass is 10.1. The predicted molar refractivity (Wildman–Crippen MR) is 111 cm³/mol. The van der Waals surface area contributed by atoms with Crippen molar-refractivity contribution < 1.29 is 23.5 Å². The zero-order valence-electron chi connectivity index (χ0n) is 17.7. The zero-order valence-corrected chi connectivity index (χ0v) is 17.7. The molecule has 3 rings (SSSR count). The van der Waals surface area contributed by atoms with Gasteiger partial charge in [-0.3, -0.25) is 4.79 Å². The van der Waals surface area contributed by atoms with Gasteiger partial charge in [0.1, 0.15) is 29.4 Å². The lowest BCUT2D eigenvalue weighted by Crippen LogP contribution is -2.37. The Morgan fingerprint density at radius 3 is 2.30 bits per heavy atom. The molecule has 8 heteroatoms. The molecule has 1 heterocycles. The summed E-state index contributed by atoms with van der Waals surface area (Å²) in [5.74, 6) is 2.07. The van der Waals surface area contributed by atoms with Gasteiger partial charge < -0.3 is 23.6 Å². The monoisotopic (exact) mass is 411 g/mol. The minimum atomic E-state index is -0.250. The lowest BCUT2D eigenvalue weighted by Gasteiger charge is -2.26. The van der Waals surface area contributed by atoms with Gasteiger partial charge in [0.2, 0.25) is 11.7 Å². The van der Waals surface area contributed by atoms with Crippen molar-refractivity contribution in [3.8, 4) is 28.6 Å². The van der Waals surface area contributed by atoms with Crippen molar-refractivity contribution in [2.24, 2.45) is 0 Å². The topological polar surface area (TPSA) is 86.9 Å². The summed E-state index contributed by atoms with van der Waals surface area (Å²) in [7, 11) is 4.63. The third kappa shape index (κ3) is 4.37. The highest BCUT2D eigenvalue weighted by Crippen LogP contribution is 2.31. The fourth-order valence-corrected chi connectivity index (χ4v) is 3.04. The van der Waals surface area contributed by atoms with Crippen molar-refractivity contribution in [1.82, 2.24) is 15.0 Å². The van der Waals surface area contributed by atoms with Gasteiger partial charge in [-0.1, -0.05) is 23.4 Å². The van der Waals surface area contributed by atoms with Crippen LogP contribution < -0.4 is 14.2 Å². The average Bonchev–Trinajstić information content (AvgIpc) is 3.25. The van der Waals surface area contributed by atoms with E-state index in [4.69, 9.17) is 18.7 Å². The van der Waals surface area contributed by atoms with E-state index in [1.54, 1.807) is 30.2 Å². The summed E-state index contributed by atoms with van der Waals surface area (Å²) >= 11 is 0. The first-order valence-corrected chi connectivity index (χ1v) is 9.47. The maximum absolute atomic E-state index is 13.4. The summed E-state index contributed by atoms with van der Waals surface area (Å²) in [5, 5.41) is 4.04. The highest BCUT2D eigenvalue weighted by Gasteiger charge is 2.27. The van der Waals surface area contributed by atoms with E-state index in [-0.39, 0.29) is 18.5 Å². The standard InChI is InChI=1S/C22H25N3O5/c1-14(2)25(22(26)20-17(28-4)10-7-11-18(20)29-5)13-19-23-21(24-30-19)15-8-6-9-16(12-15)27-3/h6-12,14H,13H2,1-5H3. The number of amides is 1. The number of ether oxygens (including phenoxy) is 3. The van der Waals surface area contributed by atoms with E-state index in [0.717, 1.165) is 5.56 Å². The molecule has 158 valence electrons.